The van der Waals surface area contributed by atoms with Crippen molar-refractivity contribution in [3.05, 3.63) is 64.8 Å². The first-order chi connectivity index (χ1) is 14.5. The van der Waals surface area contributed by atoms with E-state index >= 15 is 0 Å². The smallest absolute Gasteiger partial charge is 0.417 e. The molecule has 0 spiro atoms. The lowest BCUT2D eigenvalue weighted by Gasteiger charge is -2.12. The number of nitrogens with zero attached hydrogens (tertiary/aromatic N) is 2. The molecule has 2 aromatic heterocycles. The second kappa shape index (κ2) is 7.95. The van der Waals surface area contributed by atoms with Gasteiger partial charge < -0.3 is 25.5 Å². The van der Waals surface area contributed by atoms with Crippen molar-refractivity contribution in [3.63, 3.8) is 0 Å². The van der Waals surface area contributed by atoms with Crippen LogP contribution < -0.4 is 26.9 Å². The number of hydrogen-bond acceptors (Lipinski definition) is 8. The lowest BCUT2D eigenvalue weighted by Crippen LogP contribution is -2.20. The van der Waals surface area contributed by atoms with Crippen molar-refractivity contribution in [2.45, 2.75) is 6.92 Å². The van der Waals surface area contributed by atoms with E-state index in [-0.39, 0.29) is 6.61 Å². The molecule has 30 heavy (non-hydrogen) atoms. The number of nitrogens with two attached hydrogens (primary N) is 1. The van der Waals surface area contributed by atoms with Crippen LogP contribution in [0.25, 0.3) is 11.1 Å². The zero-order valence-electron chi connectivity index (χ0n) is 15.9. The molecule has 2 heterocycles. The lowest BCUT2D eigenvalue weighted by molar-refractivity contribution is -0.119. The molecule has 0 atom stereocenters. The number of primary amides is 1. The molecular formula is C20H18N6O4. The van der Waals surface area contributed by atoms with Crippen molar-refractivity contribution < 1.29 is 13.9 Å². The van der Waals surface area contributed by atoms with Gasteiger partial charge in [-0.25, -0.2) is 9.78 Å². The third-order valence-corrected chi connectivity index (χ3v) is 4.12. The number of fused-ring (bicyclic) bond motifs is 1. The monoisotopic (exact) mass is 406 g/mol. The number of H-pyrrole nitrogens is 1. The Morgan fingerprint density at radius 3 is 2.87 bits per heavy atom. The molecule has 0 bridgehead atoms. The van der Waals surface area contributed by atoms with E-state index in [1.54, 1.807) is 42.6 Å². The van der Waals surface area contributed by atoms with Gasteiger partial charge in [0.15, 0.2) is 12.2 Å². The molecule has 0 saturated carbocycles. The Kier molecular flexibility index (Phi) is 5.04. The Balaban J connectivity index is 1.53. The molecule has 0 aliphatic rings. The molecule has 2 aromatic carbocycles. The molecule has 5 N–H and O–H groups in total. The molecule has 1 amide bonds. The minimum absolute atomic E-state index is 0.204. The average molecular weight is 406 g/mol. The van der Waals surface area contributed by atoms with Gasteiger partial charge in [0, 0.05) is 29.2 Å². The van der Waals surface area contributed by atoms with Gasteiger partial charge in [0.25, 0.3) is 5.91 Å². The maximum atomic E-state index is 11.3. The number of oxazole rings is 1. The molecule has 0 fully saturated rings. The van der Waals surface area contributed by atoms with Crippen molar-refractivity contribution in [3.8, 4) is 5.75 Å². The zero-order valence-corrected chi connectivity index (χ0v) is 15.9. The second-order valence-electron chi connectivity index (χ2n) is 6.48. The predicted octanol–water partition coefficient (Wildman–Crippen LogP) is 2.57. The highest BCUT2D eigenvalue weighted by Crippen LogP contribution is 2.24. The molecule has 0 radical (unpaired) electrons. The molecule has 4 rings (SSSR count). The topological polar surface area (TPSA) is 148 Å². The summed E-state index contributed by atoms with van der Waals surface area (Å²) in [6, 6.07) is 12.3. The SMILES string of the molecule is Cc1cnc(Nc2cccc(OCC(N)=O)c2)nc1Nc1ccc2oc(=O)[nH]c2c1. The summed E-state index contributed by atoms with van der Waals surface area (Å²) >= 11 is 0. The third kappa shape index (κ3) is 4.38. The maximum absolute atomic E-state index is 11.3. The van der Waals surface area contributed by atoms with Crippen LogP contribution in [0.4, 0.5) is 23.1 Å². The van der Waals surface area contributed by atoms with Gasteiger partial charge in [0.2, 0.25) is 5.95 Å². The standard InChI is InChI=1S/C20H18N6O4/c1-11-9-22-19(24-12-3-2-4-14(7-12)29-10-17(21)27)26-18(11)23-13-5-6-16-15(8-13)25-20(28)30-16/h2-9H,10H2,1H3,(H2,21,27)(H,25,28)(H2,22,23,24,26). The summed E-state index contributed by atoms with van der Waals surface area (Å²) in [7, 11) is 0. The van der Waals surface area contributed by atoms with E-state index in [0.717, 1.165) is 11.3 Å². The summed E-state index contributed by atoms with van der Waals surface area (Å²) in [5, 5.41) is 6.31. The van der Waals surface area contributed by atoms with Crippen LogP contribution in [-0.4, -0.2) is 27.5 Å². The fourth-order valence-corrected chi connectivity index (χ4v) is 2.74. The van der Waals surface area contributed by atoms with Gasteiger partial charge in [0.1, 0.15) is 11.6 Å². The molecular weight excluding hydrogens is 388 g/mol. The molecule has 0 aliphatic carbocycles. The minimum atomic E-state index is -0.552. The first kappa shape index (κ1) is 19.0. The number of carbonyl (C=O) groups is 1. The summed E-state index contributed by atoms with van der Waals surface area (Å²) in [6.07, 6.45) is 1.68. The highest BCUT2D eigenvalue weighted by atomic mass is 16.5. The minimum Gasteiger partial charge on any atom is -0.484 e. The number of aromatic nitrogens is 3. The van der Waals surface area contributed by atoms with E-state index in [0.29, 0.717) is 34.3 Å². The quantitative estimate of drug-likeness (QED) is 0.366. The first-order valence-electron chi connectivity index (χ1n) is 8.98. The Bertz CT molecular complexity index is 1280. The van der Waals surface area contributed by atoms with Crippen LogP contribution in [0.2, 0.25) is 0 Å². The second-order valence-corrected chi connectivity index (χ2v) is 6.48. The van der Waals surface area contributed by atoms with Gasteiger partial charge in [-0.15, -0.1) is 0 Å². The average Bonchev–Trinajstić information content (AvgIpc) is 3.08. The fraction of sp³-hybridized carbons (Fsp3) is 0.100. The van der Waals surface area contributed by atoms with Crippen LogP contribution in [0.15, 0.2) is 57.9 Å². The van der Waals surface area contributed by atoms with Gasteiger partial charge >= 0.3 is 5.76 Å². The Labute approximate surface area is 170 Å². The summed E-state index contributed by atoms with van der Waals surface area (Å²) < 4.78 is 10.3. The summed E-state index contributed by atoms with van der Waals surface area (Å²) in [4.78, 5) is 33.6. The fourth-order valence-electron chi connectivity index (χ4n) is 2.74. The number of rotatable bonds is 7. The number of ether oxygens (including phenoxy) is 1. The van der Waals surface area contributed by atoms with Crippen molar-refractivity contribution in [1.82, 2.24) is 15.0 Å². The Morgan fingerprint density at radius 1 is 1.20 bits per heavy atom. The number of amides is 1. The van der Waals surface area contributed by atoms with E-state index in [1.807, 2.05) is 13.0 Å². The molecule has 4 aromatic rings. The number of nitrogens with one attached hydrogen (secondary N) is 3. The van der Waals surface area contributed by atoms with Crippen LogP contribution >= 0.6 is 0 Å². The Morgan fingerprint density at radius 2 is 2.03 bits per heavy atom. The normalized spacial score (nSPS) is 10.7. The molecule has 0 aliphatic heterocycles. The summed E-state index contributed by atoms with van der Waals surface area (Å²) in [6.45, 7) is 1.67. The number of benzene rings is 2. The summed E-state index contributed by atoms with van der Waals surface area (Å²) in [5.41, 5.74) is 8.41. The van der Waals surface area contributed by atoms with Crippen molar-refractivity contribution >= 4 is 40.1 Å². The number of aryl methyl sites for hydroxylation is 1. The van der Waals surface area contributed by atoms with Crippen LogP contribution in [0, 0.1) is 6.92 Å². The zero-order chi connectivity index (χ0) is 21.1. The van der Waals surface area contributed by atoms with E-state index in [9.17, 15) is 9.59 Å². The molecule has 0 unspecified atom stereocenters. The molecule has 10 nitrogen and oxygen atoms in total. The van der Waals surface area contributed by atoms with Gasteiger partial charge in [0.05, 0.1) is 5.52 Å². The van der Waals surface area contributed by atoms with Crippen LogP contribution in [0.5, 0.6) is 5.75 Å². The van der Waals surface area contributed by atoms with E-state index in [1.165, 1.54) is 0 Å². The van der Waals surface area contributed by atoms with Gasteiger partial charge in [-0.3, -0.25) is 9.78 Å². The predicted molar refractivity (Wildman–Crippen MR) is 111 cm³/mol. The van der Waals surface area contributed by atoms with Crippen molar-refractivity contribution in [2.75, 3.05) is 17.2 Å². The van der Waals surface area contributed by atoms with Gasteiger partial charge in [-0.05, 0) is 37.3 Å². The lowest BCUT2D eigenvalue weighted by atomic mass is 10.2. The molecule has 0 saturated heterocycles. The van der Waals surface area contributed by atoms with Gasteiger partial charge in [-0.1, -0.05) is 6.07 Å². The largest absolute Gasteiger partial charge is 0.484 e. The number of carbonyl (C=O) groups excluding carboxylic acids is 1. The van der Waals surface area contributed by atoms with Crippen LogP contribution in [-0.2, 0) is 4.79 Å². The third-order valence-electron chi connectivity index (χ3n) is 4.12. The van der Waals surface area contributed by atoms with Gasteiger partial charge in [-0.2, -0.15) is 4.98 Å². The van der Waals surface area contributed by atoms with Crippen LogP contribution in [0.3, 0.4) is 0 Å². The van der Waals surface area contributed by atoms with E-state index in [4.69, 9.17) is 14.9 Å². The summed E-state index contributed by atoms with van der Waals surface area (Å²) in [5.74, 6) is 0.399. The number of anilines is 4. The van der Waals surface area contributed by atoms with Crippen molar-refractivity contribution in [1.29, 1.82) is 0 Å². The van der Waals surface area contributed by atoms with E-state index < -0.39 is 11.7 Å². The maximum Gasteiger partial charge on any atom is 0.417 e. The van der Waals surface area contributed by atoms with E-state index in [2.05, 4.69) is 25.6 Å². The Hall–Kier alpha value is -4.34. The molecule has 152 valence electrons. The molecule has 10 heteroatoms. The highest BCUT2D eigenvalue weighted by Gasteiger charge is 2.08. The first-order valence-corrected chi connectivity index (χ1v) is 8.98. The van der Waals surface area contributed by atoms with Crippen molar-refractivity contribution in [2.24, 2.45) is 5.73 Å². The van der Waals surface area contributed by atoms with Crippen LogP contribution in [0.1, 0.15) is 5.56 Å². The highest BCUT2D eigenvalue weighted by molar-refractivity contribution is 5.78. The number of aromatic amines is 1. The number of hydrogen-bond donors (Lipinski definition) is 4.